The summed E-state index contributed by atoms with van der Waals surface area (Å²) in [6, 6.07) is 76.6. The Kier molecular flexibility index (Phi) is 7.96. The molecular weight excluding hydrogens is 653 g/mol. The van der Waals surface area contributed by atoms with Gasteiger partial charge in [0, 0.05) is 22.6 Å². The SMILES string of the molecule is c1ccc(-c2ccc(C(c3ccccc3-c3ccccc3)c3cccc4c3Oc3cc5ccccc5cc3-c3ccc(-c5ccccc5)cc3-4)cc2)cc1. The Bertz CT molecular complexity index is 2770. The van der Waals surface area contributed by atoms with Crippen molar-refractivity contribution in [2.24, 2.45) is 0 Å². The Morgan fingerprint density at radius 2 is 0.833 bits per heavy atom. The van der Waals surface area contributed by atoms with E-state index in [1.165, 1.54) is 55.5 Å². The minimum absolute atomic E-state index is 0.121. The van der Waals surface area contributed by atoms with Crippen molar-refractivity contribution in [3.05, 3.63) is 229 Å². The summed E-state index contributed by atoms with van der Waals surface area (Å²) < 4.78 is 7.33. The monoisotopic (exact) mass is 688 g/mol. The molecule has 0 aliphatic carbocycles. The predicted octanol–water partition coefficient (Wildman–Crippen LogP) is 14.5. The molecule has 0 spiro atoms. The Hall–Kier alpha value is -6.96. The molecule has 1 heteroatoms. The Morgan fingerprint density at radius 3 is 1.56 bits per heavy atom. The zero-order valence-corrected chi connectivity index (χ0v) is 29.7. The van der Waals surface area contributed by atoms with Gasteiger partial charge < -0.3 is 4.74 Å². The fraction of sp³-hybridized carbons (Fsp3) is 0.0189. The summed E-state index contributed by atoms with van der Waals surface area (Å²) in [6.07, 6.45) is 0. The molecule has 0 aromatic heterocycles. The predicted molar refractivity (Wildman–Crippen MR) is 225 cm³/mol. The lowest BCUT2D eigenvalue weighted by atomic mass is 9.79. The van der Waals surface area contributed by atoms with E-state index in [1.54, 1.807) is 0 Å². The maximum absolute atomic E-state index is 7.33. The summed E-state index contributed by atoms with van der Waals surface area (Å²) in [7, 11) is 0. The molecule has 1 nitrogen and oxygen atoms in total. The molecule has 9 aromatic carbocycles. The normalized spacial score (nSPS) is 12.1. The molecular formula is C53H36O. The van der Waals surface area contributed by atoms with Gasteiger partial charge in [0.25, 0.3) is 0 Å². The molecule has 254 valence electrons. The van der Waals surface area contributed by atoms with Crippen LogP contribution in [0.1, 0.15) is 22.6 Å². The molecule has 0 saturated heterocycles. The standard InChI is InChI=1S/C53H36O/c1-4-15-36(16-5-1)38-27-29-40(30-28-38)52(46-24-13-12-23-44(46)39-19-8-3-9-20-39)48-26-14-25-47-49-33-43(37-17-6-2-7-18-37)31-32-45(49)50-34-41-21-10-11-22-42(41)35-51(50)54-53(47)48/h1-35,52H. The van der Waals surface area contributed by atoms with Gasteiger partial charge >= 0.3 is 0 Å². The van der Waals surface area contributed by atoms with Gasteiger partial charge in [-0.3, -0.25) is 0 Å². The van der Waals surface area contributed by atoms with Gasteiger partial charge in [-0.2, -0.15) is 0 Å². The van der Waals surface area contributed by atoms with Gasteiger partial charge in [-0.25, -0.2) is 0 Å². The number of benzene rings is 9. The molecule has 1 aliphatic rings. The third-order valence-corrected chi connectivity index (χ3v) is 10.8. The van der Waals surface area contributed by atoms with Crippen LogP contribution in [0.5, 0.6) is 11.5 Å². The van der Waals surface area contributed by atoms with E-state index in [0.29, 0.717) is 0 Å². The van der Waals surface area contributed by atoms with E-state index in [9.17, 15) is 0 Å². The van der Waals surface area contributed by atoms with Crippen LogP contribution in [0.3, 0.4) is 0 Å². The molecule has 1 aliphatic heterocycles. The molecule has 0 radical (unpaired) electrons. The number of ether oxygens (including phenoxy) is 1. The molecule has 0 N–H and O–H groups in total. The van der Waals surface area contributed by atoms with Crippen LogP contribution in [0.15, 0.2) is 212 Å². The highest BCUT2D eigenvalue weighted by molar-refractivity contribution is 5.98. The minimum Gasteiger partial charge on any atom is -0.456 e. The molecule has 0 fully saturated rings. The van der Waals surface area contributed by atoms with Crippen LogP contribution in [0, 0.1) is 0 Å². The van der Waals surface area contributed by atoms with Crippen molar-refractivity contribution < 1.29 is 4.74 Å². The van der Waals surface area contributed by atoms with Crippen molar-refractivity contribution in [1.82, 2.24) is 0 Å². The van der Waals surface area contributed by atoms with Gasteiger partial charge in [-0.15, -0.1) is 0 Å². The summed E-state index contributed by atoms with van der Waals surface area (Å²) in [4.78, 5) is 0. The van der Waals surface area contributed by atoms with Crippen LogP contribution < -0.4 is 4.74 Å². The molecule has 1 heterocycles. The highest BCUT2D eigenvalue weighted by atomic mass is 16.5. The highest BCUT2D eigenvalue weighted by Crippen LogP contribution is 2.53. The van der Waals surface area contributed by atoms with Crippen LogP contribution in [-0.4, -0.2) is 0 Å². The number of para-hydroxylation sites is 1. The van der Waals surface area contributed by atoms with Crippen molar-refractivity contribution in [1.29, 1.82) is 0 Å². The first kappa shape index (κ1) is 31.7. The minimum atomic E-state index is -0.121. The van der Waals surface area contributed by atoms with Crippen molar-refractivity contribution >= 4 is 10.8 Å². The van der Waals surface area contributed by atoms with Gasteiger partial charge in [0.15, 0.2) is 0 Å². The van der Waals surface area contributed by atoms with Gasteiger partial charge in [0.05, 0.1) is 0 Å². The number of hydrogen-bond donors (Lipinski definition) is 0. The van der Waals surface area contributed by atoms with Crippen molar-refractivity contribution in [2.45, 2.75) is 5.92 Å². The largest absolute Gasteiger partial charge is 0.456 e. The van der Waals surface area contributed by atoms with E-state index in [0.717, 1.165) is 39.1 Å². The third-order valence-electron chi connectivity index (χ3n) is 10.8. The summed E-state index contributed by atoms with van der Waals surface area (Å²) in [5.41, 5.74) is 15.2. The molecule has 1 atom stereocenters. The first-order valence-corrected chi connectivity index (χ1v) is 18.6. The van der Waals surface area contributed by atoms with E-state index in [-0.39, 0.29) is 5.92 Å². The summed E-state index contributed by atoms with van der Waals surface area (Å²) in [5.74, 6) is 1.63. The van der Waals surface area contributed by atoms with E-state index in [2.05, 4.69) is 212 Å². The van der Waals surface area contributed by atoms with Crippen LogP contribution in [-0.2, 0) is 0 Å². The zero-order chi connectivity index (χ0) is 35.8. The van der Waals surface area contributed by atoms with E-state index < -0.39 is 0 Å². The summed E-state index contributed by atoms with van der Waals surface area (Å²) in [5, 5.41) is 2.35. The molecule has 54 heavy (non-hydrogen) atoms. The molecule has 0 bridgehead atoms. The van der Waals surface area contributed by atoms with Gasteiger partial charge in [-0.05, 0) is 84.6 Å². The van der Waals surface area contributed by atoms with Crippen molar-refractivity contribution in [2.75, 3.05) is 0 Å². The average Bonchev–Trinajstić information content (AvgIpc) is 3.38. The molecule has 9 aromatic rings. The summed E-state index contributed by atoms with van der Waals surface area (Å²) >= 11 is 0. The van der Waals surface area contributed by atoms with Crippen LogP contribution in [0.2, 0.25) is 0 Å². The number of rotatable bonds is 6. The fourth-order valence-electron chi connectivity index (χ4n) is 8.20. The maximum Gasteiger partial charge on any atom is 0.139 e. The maximum atomic E-state index is 7.33. The zero-order valence-electron chi connectivity index (χ0n) is 29.7. The molecule has 0 saturated carbocycles. The van der Waals surface area contributed by atoms with Gasteiger partial charge in [-0.1, -0.05) is 194 Å². The Balaban J connectivity index is 1.24. The summed E-state index contributed by atoms with van der Waals surface area (Å²) in [6.45, 7) is 0. The van der Waals surface area contributed by atoms with E-state index in [1.807, 2.05) is 0 Å². The second kappa shape index (κ2) is 13.5. The van der Waals surface area contributed by atoms with Gasteiger partial charge in [0.1, 0.15) is 11.5 Å². The second-order valence-corrected chi connectivity index (χ2v) is 14.0. The van der Waals surface area contributed by atoms with Crippen LogP contribution in [0.25, 0.3) is 66.4 Å². The lowest BCUT2D eigenvalue weighted by molar-refractivity contribution is 0.481. The van der Waals surface area contributed by atoms with Crippen molar-refractivity contribution in [3.63, 3.8) is 0 Å². The van der Waals surface area contributed by atoms with E-state index in [4.69, 9.17) is 4.74 Å². The quantitative estimate of drug-likeness (QED) is 0.158. The molecule has 0 amide bonds. The lowest BCUT2D eigenvalue weighted by Gasteiger charge is -2.26. The number of hydrogen-bond acceptors (Lipinski definition) is 1. The van der Waals surface area contributed by atoms with Gasteiger partial charge in [0.2, 0.25) is 0 Å². The van der Waals surface area contributed by atoms with Crippen molar-refractivity contribution in [3.8, 4) is 67.1 Å². The van der Waals surface area contributed by atoms with E-state index >= 15 is 0 Å². The van der Waals surface area contributed by atoms with Crippen LogP contribution in [0.4, 0.5) is 0 Å². The first-order chi connectivity index (χ1) is 26.8. The molecule has 1 unspecified atom stereocenters. The lowest BCUT2D eigenvalue weighted by Crippen LogP contribution is -2.08. The second-order valence-electron chi connectivity index (χ2n) is 14.0. The first-order valence-electron chi connectivity index (χ1n) is 18.6. The smallest absolute Gasteiger partial charge is 0.139 e. The highest BCUT2D eigenvalue weighted by Gasteiger charge is 2.29. The molecule has 10 rings (SSSR count). The average molecular weight is 689 g/mol. The Labute approximate surface area is 316 Å². The third kappa shape index (κ3) is 5.68. The number of fused-ring (bicyclic) bond motifs is 6. The Morgan fingerprint density at radius 1 is 0.296 bits per heavy atom. The topological polar surface area (TPSA) is 9.23 Å². The van der Waals surface area contributed by atoms with Crippen LogP contribution >= 0.6 is 0 Å². The fourth-order valence-corrected chi connectivity index (χ4v) is 8.20.